The van der Waals surface area contributed by atoms with Crippen molar-refractivity contribution in [3.63, 3.8) is 0 Å². The fourth-order valence-electron chi connectivity index (χ4n) is 3.30. The van der Waals surface area contributed by atoms with Gasteiger partial charge in [0.15, 0.2) is 0 Å². The lowest BCUT2D eigenvalue weighted by Crippen LogP contribution is -1.83. The highest BCUT2D eigenvalue weighted by Gasteiger charge is 1.95. The van der Waals surface area contributed by atoms with E-state index in [1.54, 1.807) is 11.3 Å². The number of allylic oxidation sites excluding steroid dienone is 9. The van der Waals surface area contributed by atoms with Crippen molar-refractivity contribution in [1.82, 2.24) is 0 Å². The van der Waals surface area contributed by atoms with Gasteiger partial charge in [-0.25, -0.2) is 0 Å². The fourth-order valence-corrected chi connectivity index (χ4v) is 4.00. The van der Waals surface area contributed by atoms with Gasteiger partial charge in [-0.3, -0.25) is 0 Å². The Hall–Kier alpha value is -1.60. The van der Waals surface area contributed by atoms with Gasteiger partial charge < -0.3 is 0 Å². The van der Waals surface area contributed by atoms with E-state index in [1.807, 2.05) is 6.08 Å². The van der Waals surface area contributed by atoms with Gasteiger partial charge >= 0.3 is 0 Å². The predicted octanol–water partition coefficient (Wildman–Crippen LogP) is 9.77. The Morgan fingerprint density at radius 3 is 1.59 bits per heavy atom. The minimum absolute atomic E-state index is 1.09. The summed E-state index contributed by atoms with van der Waals surface area (Å²) in [4.78, 5) is 0. The molecule has 0 aliphatic rings. The van der Waals surface area contributed by atoms with Gasteiger partial charge in [-0.15, -0.1) is 6.58 Å². The van der Waals surface area contributed by atoms with Crippen LogP contribution in [0.15, 0.2) is 76.1 Å². The molecule has 29 heavy (non-hydrogen) atoms. The van der Waals surface area contributed by atoms with Crippen LogP contribution in [0.3, 0.4) is 0 Å². The van der Waals surface area contributed by atoms with E-state index in [0.29, 0.717) is 0 Å². The third kappa shape index (κ3) is 14.1. The quantitative estimate of drug-likeness (QED) is 0.252. The van der Waals surface area contributed by atoms with Crippen LogP contribution in [0.5, 0.6) is 0 Å². The molecular weight excluding hydrogens is 368 g/mol. The highest BCUT2D eigenvalue weighted by molar-refractivity contribution is 7.07. The summed E-state index contributed by atoms with van der Waals surface area (Å²) < 4.78 is 0. The van der Waals surface area contributed by atoms with Gasteiger partial charge in [0.05, 0.1) is 0 Å². The van der Waals surface area contributed by atoms with Crippen molar-refractivity contribution < 1.29 is 0 Å². The first-order valence-electron chi connectivity index (χ1n) is 11.3. The summed E-state index contributed by atoms with van der Waals surface area (Å²) in [5.74, 6) is 0. The number of hydrogen-bond donors (Lipinski definition) is 0. The first kappa shape index (κ1) is 25.4. The SMILES string of the molecule is C=CCCC(C)=CCCC(C)=CCCC(C)=CCCC(C)=CCCc1ccsc1. The van der Waals surface area contributed by atoms with Crippen LogP contribution in [-0.4, -0.2) is 0 Å². The molecule has 0 aliphatic carbocycles. The number of thiophene rings is 1. The summed E-state index contributed by atoms with van der Waals surface area (Å²) in [6.45, 7) is 12.9. The van der Waals surface area contributed by atoms with Crippen molar-refractivity contribution in [1.29, 1.82) is 0 Å². The molecule has 1 aromatic rings. The smallest absolute Gasteiger partial charge is 0.00611 e. The van der Waals surface area contributed by atoms with Crippen molar-refractivity contribution in [2.24, 2.45) is 0 Å². The molecule has 0 bridgehead atoms. The highest BCUT2D eigenvalue weighted by Crippen LogP contribution is 2.15. The Kier molecular flexibility index (Phi) is 14.2. The van der Waals surface area contributed by atoms with Crippen LogP contribution in [0.2, 0.25) is 0 Å². The Bertz CT molecular complexity index is 680. The first-order valence-corrected chi connectivity index (χ1v) is 12.2. The molecule has 0 radical (unpaired) electrons. The lowest BCUT2D eigenvalue weighted by Gasteiger charge is -2.03. The zero-order valence-electron chi connectivity index (χ0n) is 19.3. The Morgan fingerprint density at radius 2 is 1.17 bits per heavy atom. The molecular formula is C28H42S. The average molecular weight is 411 g/mol. The van der Waals surface area contributed by atoms with Gasteiger partial charge in [0.1, 0.15) is 0 Å². The molecule has 1 rings (SSSR count). The Balaban J connectivity index is 2.18. The van der Waals surface area contributed by atoms with Crippen LogP contribution in [0.1, 0.15) is 91.0 Å². The maximum atomic E-state index is 3.79. The largest absolute Gasteiger partial charge is 0.152 e. The van der Waals surface area contributed by atoms with E-state index in [0.717, 1.165) is 25.7 Å². The summed E-state index contributed by atoms with van der Waals surface area (Å²) in [6.07, 6.45) is 23.3. The summed E-state index contributed by atoms with van der Waals surface area (Å²) in [5.41, 5.74) is 7.54. The molecule has 0 N–H and O–H groups in total. The highest BCUT2D eigenvalue weighted by atomic mass is 32.1. The third-order valence-electron chi connectivity index (χ3n) is 5.34. The molecule has 0 amide bonds. The maximum Gasteiger partial charge on any atom is -0.00611 e. The number of aryl methyl sites for hydroxylation is 1. The van der Waals surface area contributed by atoms with E-state index in [4.69, 9.17) is 0 Å². The topological polar surface area (TPSA) is 0 Å². The molecule has 0 nitrogen and oxygen atoms in total. The molecule has 0 saturated heterocycles. The van der Waals surface area contributed by atoms with Crippen LogP contribution in [0, 0.1) is 0 Å². The molecule has 1 aromatic heterocycles. The Morgan fingerprint density at radius 1 is 0.724 bits per heavy atom. The Labute approximate surface area is 184 Å². The van der Waals surface area contributed by atoms with E-state index in [9.17, 15) is 0 Å². The van der Waals surface area contributed by atoms with Gasteiger partial charge in [-0.05, 0) is 114 Å². The van der Waals surface area contributed by atoms with E-state index in [1.165, 1.54) is 66.4 Å². The minimum atomic E-state index is 1.09. The van der Waals surface area contributed by atoms with E-state index in [2.05, 4.69) is 75.4 Å². The van der Waals surface area contributed by atoms with Crippen molar-refractivity contribution in [3.8, 4) is 0 Å². The van der Waals surface area contributed by atoms with Gasteiger partial charge in [-0.2, -0.15) is 11.3 Å². The van der Waals surface area contributed by atoms with E-state index in [-0.39, 0.29) is 0 Å². The van der Waals surface area contributed by atoms with Crippen LogP contribution in [0.25, 0.3) is 0 Å². The van der Waals surface area contributed by atoms with Crippen molar-refractivity contribution in [2.45, 2.75) is 91.9 Å². The van der Waals surface area contributed by atoms with Crippen LogP contribution in [-0.2, 0) is 6.42 Å². The molecule has 1 heteroatoms. The van der Waals surface area contributed by atoms with Crippen LogP contribution < -0.4 is 0 Å². The molecule has 0 aliphatic heterocycles. The number of rotatable bonds is 15. The van der Waals surface area contributed by atoms with E-state index >= 15 is 0 Å². The molecule has 160 valence electrons. The summed E-state index contributed by atoms with van der Waals surface area (Å²) in [5, 5.41) is 4.42. The van der Waals surface area contributed by atoms with Gasteiger partial charge in [0, 0.05) is 0 Å². The van der Waals surface area contributed by atoms with Crippen molar-refractivity contribution >= 4 is 11.3 Å². The van der Waals surface area contributed by atoms with E-state index < -0.39 is 0 Å². The monoisotopic (exact) mass is 410 g/mol. The van der Waals surface area contributed by atoms with Gasteiger partial charge in [0.25, 0.3) is 0 Å². The lowest BCUT2D eigenvalue weighted by atomic mass is 10.0. The predicted molar refractivity (Wildman–Crippen MR) is 135 cm³/mol. The summed E-state index contributed by atoms with van der Waals surface area (Å²) >= 11 is 1.79. The van der Waals surface area contributed by atoms with Crippen molar-refractivity contribution in [3.05, 3.63) is 81.6 Å². The van der Waals surface area contributed by atoms with Crippen LogP contribution >= 0.6 is 11.3 Å². The molecule has 0 aromatic carbocycles. The molecule has 0 spiro atoms. The second kappa shape index (κ2) is 16.2. The van der Waals surface area contributed by atoms with Crippen LogP contribution in [0.4, 0.5) is 0 Å². The molecule has 0 unspecified atom stereocenters. The van der Waals surface area contributed by atoms with Gasteiger partial charge in [-0.1, -0.05) is 52.7 Å². The zero-order valence-corrected chi connectivity index (χ0v) is 20.1. The minimum Gasteiger partial charge on any atom is -0.152 e. The normalized spacial score (nSPS) is 13.8. The second-order valence-corrected chi connectivity index (χ2v) is 9.10. The molecule has 0 saturated carbocycles. The summed E-state index contributed by atoms with van der Waals surface area (Å²) in [6, 6.07) is 2.23. The average Bonchev–Trinajstić information content (AvgIpc) is 3.20. The molecule has 1 heterocycles. The zero-order chi connectivity index (χ0) is 21.3. The number of hydrogen-bond acceptors (Lipinski definition) is 1. The summed E-state index contributed by atoms with van der Waals surface area (Å²) in [7, 11) is 0. The molecule has 0 fully saturated rings. The fraction of sp³-hybridized carbons (Fsp3) is 0.500. The van der Waals surface area contributed by atoms with Gasteiger partial charge in [0.2, 0.25) is 0 Å². The standard InChI is InChI=1S/C28H42S/c1-6-7-12-24(2)13-8-14-25(3)15-9-16-26(4)17-10-18-27(5)19-11-20-28-21-22-29-23-28/h6,13,15,17,19,21-23H,1,7-12,14,16,18,20H2,2-5H3. The first-order chi connectivity index (χ1) is 14.0. The second-order valence-electron chi connectivity index (χ2n) is 8.32. The molecule has 0 atom stereocenters. The maximum absolute atomic E-state index is 3.79. The third-order valence-corrected chi connectivity index (χ3v) is 6.08. The lowest BCUT2D eigenvalue weighted by molar-refractivity contribution is 0.888. The van der Waals surface area contributed by atoms with Crippen molar-refractivity contribution in [2.75, 3.05) is 0 Å².